The highest BCUT2D eigenvalue weighted by molar-refractivity contribution is 9.10. The Balaban J connectivity index is 1.96. The minimum atomic E-state index is -2.77. The van der Waals surface area contributed by atoms with Gasteiger partial charge in [-0.05, 0) is 36.4 Å². The van der Waals surface area contributed by atoms with Crippen molar-refractivity contribution in [2.45, 2.75) is 37.0 Å². The Bertz CT molecular complexity index is 1060. The molecule has 2 unspecified atom stereocenters. The van der Waals surface area contributed by atoms with Gasteiger partial charge in [0.15, 0.2) is 6.10 Å². The molecule has 0 radical (unpaired) electrons. The van der Waals surface area contributed by atoms with Crippen LogP contribution in [0.1, 0.15) is 27.0 Å². The van der Waals surface area contributed by atoms with Crippen LogP contribution in [0.25, 0.3) is 0 Å². The third-order valence-electron chi connectivity index (χ3n) is 4.46. The SMILES string of the molecule is CC(C)(C)C(OC(=O)N(SC(F)(Cl)Cl)c1ccccc1)C(Oc1ccc(Br)cc1)n1cncn1. The molecule has 0 aliphatic rings. The number of ether oxygens (including phenoxy) is 2. The smallest absolute Gasteiger partial charge is 0.425 e. The summed E-state index contributed by atoms with van der Waals surface area (Å²) in [5.41, 5.74) is -0.303. The maximum absolute atomic E-state index is 14.2. The fourth-order valence-corrected chi connectivity index (χ4v) is 4.17. The lowest BCUT2D eigenvalue weighted by Crippen LogP contribution is -2.44. The summed E-state index contributed by atoms with van der Waals surface area (Å²) in [5.74, 6) is 0.521. The van der Waals surface area contributed by atoms with Crippen molar-refractivity contribution < 1.29 is 18.7 Å². The first kappa shape index (κ1) is 26.6. The van der Waals surface area contributed by atoms with Crippen LogP contribution in [0, 0.1) is 5.41 Å². The summed E-state index contributed by atoms with van der Waals surface area (Å²) in [7, 11) is 0. The number of nitrogens with zero attached hydrogens (tertiary/aromatic N) is 4. The van der Waals surface area contributed by atoms with E-state index in [2.05, 4.69) is 26.0 Å². The molecule has 0 aliphatic carbocycles. The first-order valence-electron chi connectivity index (χ1n) is 10.0. The van der Waals surface area contributed by atoms with Crippen molar-refractivity contribution in [3.05, 3.63) is 71.7 Å². The zero-order valence-electron chi connectivity index (χ0n) is 18.4. The fraction of sp³-hybridized carbons (Fsp3) is 0.318. The second-order valence-corrected chi connectivity index (χ2v) is 11.9. The standard InChI is InChI=1S/C22H22BrCl2FN4O3S/c1-21(2,3)18(19(29-14-27-13-28-29)32-17-11-9-15(23)10-12-17)33-20(31)30(34-22(24,25)26)16-7-5-4-6-8-16/h4-14,18-19H,1-3H3. The van der Waals surface area contributed by atoms with E-state index in [1.54, 1.807) is 42.5 Å². The zero-order chi connectivity index (χ0) is 24.9. The first-order valence-corrected chi connectivity index (χ1v) is 12.3. The van der Waals surface area contributed by atoms with Gasteiger partial charge in [0.2, 0.25) is 6.23 Å². The van der Waals surface area contributed by atoms with Gasteiger partial charge < -0.3 is 9.47 Å². The number of benzene rings is 2. The molecule has 3 rings (SSSR count). The van der Waals surface area contributed by atoms with E-state index in [-0.39, 0.29) is 11.9 Å². The van der Waals surface area contributed by atoms with Crippen molar-refractivity contribution in [1.29, 1.82) is 0 Å². The first-order chi connectivity index (χ1) is 15.9. The second kappa shape index (κ2) is 11.2. The van der Waals surface area contributed by atoms with E-state index in [0.717, 1.165) is 8.78 Å². The predicted octanol–water partition coefficient (Wildman–Crippen LogP) is 7.38. The molecule has 0 spiro atoms. The topological polar surface area (TPSA) is 69.5 Å². The molecular formula is C22H22BrCl2FN4O3S. The molecule has 1 amide bonds. The van der Waals surface area contributed by atoms with Crippen molar-refractivity contribution in [3.63, 3.8) is 0 Å². The Labute approximate surface area is 219 Å². The van der Waals surface area contributed by atoms with E-state index in [1.165, 1.54) is 17.3 Å². The molecule has 0 saturated heterocycles. The number of hydrogen-bond donors (Lipinski definition) is 0. The minimum Gasteiger partial charge on any atom is -0.465 e. The van der Waals surface area contributed by atoms with E-state index in [0.29, 0.717) is 11.4 Å². The number of amides is 1. The monoisotopic (exact) mass is 590 g/mol. The second-order valence-electron chi connectivity index (χ2n) is 8.18. The minimum absolute atomic E-state index is 0.273. The summed E-state index contributed by atoms with van der Waals surface area (Å²) in [5, 5.41) is 4.19. The van der Waals surface area contributed by atoms with Gasteiger partial charge in [0, 0.05) is 21.8 Å². The number of hydrogen-bond acceptors (Lipinski definition) is 6. The highest BCUT2D eigenvalue weighted by Crippen LogP contribution is 2.42. The lowest BCUT2D eigenvalue weighted by Gasteiger charge is -2.37. The maximum Gasteiger partial charge on any atom is 0.425 e. The molecule has 2 atom stereocenters. The Morgan fingerprint density at radius 2 is 1.79 bits per heavy atom. The molecule has 182 valence electrons. The van der Waals surface area contributed by atoms with E-state index in [9.17, 15) is 9.18 Å². The number of carbonyl (C=O) groups excluding carboxylic acids is 1. The summed E-state index contributed by atoms with van der Waals surface area (Å²) in [6.45, 7) is 5.63. The third-order valence-corrected chi connectivity index (χ3v) is 6.15. The Hall–Kier alpha value is -2.01. The predicted molar refractivity (Wildman–Crippen MR) is 136 cm³/mol. The van der Waals surface area contributed by atoms with Crippen LogP contribution in [0.5, 0.6) is 5.75 Å². The molecule has 7 nitrogen and oxygen atoms in total. The van der Waals surface area contributed by atoms with Crippen molar-refractivity contribution in [2.24, 2.45) is 5.41 Å². The number of aromatic nitrogens is 3. The van der Waals surface area contributed by atoms with E-state index < -0.39 is 27.8 Å². The lowest BCUT2D eigenvalue weighted by molar-refractivity contribution is -0.0767. The number of para-hydroxylation sites is 1. The van der Waals surface area contributed by atoms with Gasteiger partial charge >= 0.3 is 10.0 Å². The van der Waals surface area contributed by atoms with E-state index in [4.69, 9.17) is 32.7 Å². The molecule has 0 saturated carbocycles. The van der Waals surface area contributed by atoms with Crippen LogP contribution in [0.15, 0.2) is 71.7 Å². The van der Waals surface area contributed by atoms with Crippen LogP contribution in [-0.4, -0.2) is 30.9 Å². The molecule has 12 heteroatoms. The average molecular weight is 592 g/mol. The molecule has 1 aromatic heterocycles. The summed E-state index contributed by atoms with van der Waals surface area (Å²) >= 11 is 14.8. The molecule has 34 heavy (non-hydrogen) atoms. The number of carbonyl (C=O) groups is 1. The Morgan fingerprint density at radius 3 is 2.32 bits per heavy atom. The molecule has 0 N–H and O–H groups in total. The van der Waals surface area contributed by atoms with Crippen LogP contribution in [0.2, 0.25) is 0 Å². The number of anilines is 1. The maximum atomic E-state index is 14.2. The molecule has 0 aliphatic heterocycles. The summed E-state index contributed by atoms with van der Waals surface area (Å²) in [6.07, 6.45) is 0.145. The van der Waals surface area contributed by atoms with Gasteiger partial charge in [-0.15, -0.1) is 0 Å². The molecule has 0 bridgehead atoms. The van der Waals surface area contributed by atoms with Crippen molar-refractivity contribution in [2.75, 3.05) is 4.31 Å². The average Bonchev–Trinajstić information content (AvgIpc) is 3.29. The molecule has 0 fully saturated rings. The fourth-order valence-electron chi connectivity index (χ4n) is 2.94. The van der Waals surface area contributed by atoms with Gasteiger partial charge in [-0.2, -0.15) is 9.49 Å². The highest BCUT2D eigenvalue weighted by Gasteiger charge is 2.42. The van der Waals surface area contributed by atoms with Crippen LogP contribution in [0.3, 0.4) is 0 Å². The van der Waals surface area contributed by atoms with Crippen molar-refractivity contribution in [3.8, 4) is 5.75 Å². The summed E-state index contributed by atoms with van der Waals surface area (Å²) < 4.78 is 26.8. The van der Waals surface area contributed by atoms with Crippen molar-refractivity contribution >= 4 is 62.9 Å². The van der Waals surface area contributed by atoms with Gasteiger partial charge in [0.1, 0.15) is 18.4 Å². The quantitative estimate of drug-likeness (QED) is 0.201. The normalized spacial score (nSPS) is 13.7. The van der Waals surface area contributed by atoms with Crippen LogP contribution in [-0.2, 0) is 4.74 Å². The van der Waals surface area contributed by atoms with Crippen molar-refractivity contribution in [1.82, 2.24) is 14.8 Å². The number of halogens is 4. The van der Waals surface area contributed by atoms with Crippen LogP contribution in [0.4, 0.5) is 14.9 Å². The van der Waals surface area contributed by atoms with E-state index in [1.807, 2.05) is 32.9 Å². The van der Waals surface area contributed by atoms with Gasteiger partial charge in [-0.3, -0.25) is 0 Å². The number of rotatable bonds is 8. The molecular weight excluding hydrogens is 570 g/mol. The largest absolute Gasteiger partial charge is 0.465 e. The van der Waals surface area contributed by atoms with Crippen LogP contribution < -0.4 is 9.04 Å². The van der Waals surface area contributed by atoms with E-state index >= 15 is 0 Å². The van der Waals surface area contributed by atoms with Crippen LogP contribution >= 0.6 is 51.1 Å². The zero-order valence-corrected chi connectivity index (χ0v) is 22.4. The van der Waals surface area contributed by atoms with Gasteiger partial charge in [-0.25, -0.2) is 18.8 Å². The lowest BCUT2D eigenvalue weighted by atomic mass is 9.87. The Kier molecular flexibility index (Phi) is 8.72. The molecule has 3 aromatic rings. The van der Waals surface area contributed by atoms with Gasteiger partial charge in [0.25, 0.3) is 0 Å². The highest BCUT2D eigenvalue weighted by atomic mass is 79.9. The number of alkyl halides is 3. The van der Waals surface area contributed by atoms with Gasteiger partial charge in [0.05, 0.1) is 5.69 Å². The molecule has 2 aromatic carbocycles. The van der Waals surface area contributed by atoms with Gasteiger partial charge in [-0.1, -0.05) is 78.1 Å². The summed E-state index contributed by atoms with van der Waals surface area (Å²) in [6, 6.07) is 15.5. The third kappa shape index (κ3) is 7.49. The Morgan fingerprint density at radius 1 is 1.15 bits per heavy atom. The summed E-state index contributed by atoms with van der Waals surface area (Å²) in [4.78, 5) is 17.3. The molecule has 1 heterocycles.